The van der Waals surface area contributed by atoms with Gasteiger partial charge in [-0.2, -0.15) is 13.2 Å². The zero-order chi connectivity index (χ0) is 21.0. The highest BCUT2D eigenvalue weighted by atomic mass is 19.4. The number of hydrogen-bond acceptors (Lipinski definition) is 4. The third-order valence-corrected chi connectivity index (χ3v) is 4.93. The van der Waals surface area contributed by atoms with E-state index >= 15 is 0 Å². The number of hydrogen-bond donors (Lipinski definition) is 0. The van der Waals surface area contributed by atoms with Crippen LogP contribution in [-0.2, 0) is 6.18 Å². The smallest absolute Gasteiger partial charge is 0.417 e. The van der Waals surface area contributed by atoms with Gasteiger partial charge in [0.15, 0.2) is 0 Å². The lowest BCUT2D eigenvalue weighted by molar-refractivity contribution is -0.137. The van der Waals surface area contributed by atoms with Crippen molar-refractivity contribution in [3.63, 3.8) is 0 Å². The Morgan fingerprint density at radius 3 is 2.47 bits per heavy atom. The Kier molecular flexibility index (Phi) is 5.70. The Morgan fingerprint density at radius 2 is 1.80 bits per heavy atom. The number of ether oxygens (including phenoxy) is 1. The minimum Gasteiger partial charge on any atom is -0.439 e. The molecule has 0 amide bonds. The van der Waals surface area contributed by atoms with Crippen LogP contribution in [-0.4, -0.2) is 23.1 Å². The molecule has 0 N–H and O–H groups in total. The van der Waals surface area contributed by atoms with Gasteiger partial charge in [-0.25, -0.2) is 4.98 Å². The Labute approximate surface area is 172 Å². The lowest BCUT2D eigenvalue weighted by Gasteiger charge is -2.30. The maximum Gasteiger partial charge on any atom is 0.417 e. The summed E-state index contributed by atoms with van der Waals surface area (Å²) in [7, 11) is 0. The van der Waals surface area contributed by atoms with Crippen molar-refractivity contribution in [1.82, 2.24) is 9.97 Å². The molecule has 3 heterocycles. The average Bonchev–Trinajstić information content (AvgIpc) is 2.75. The number of anilines is 1. The first-order valence-electron chi connectivity index (χ1n) is 9.63. The Morgan fingerprint density at radius 1 is 0.967 bits per heavy atom. The maximum atomic E-state index is 12.6. The molecule has 1 aromatic carbocycles. The van der Waals surface area contributed by atoms with Gasteiger partial charge in [-0.1, -0.05) is 23.8 Å². The summed E-state index contributed by atoms with van der Waals surface area (Å²) in [6.45, 7) is 1.87. The first-order chi connectivity index (χ1) is 14.5. The van der Waals surface area contributed by atoms with Crippen LogP contribution in [0.1, 0.15) is 24.0 Å². The van der Waals surface area contributed by atoms with E-state index in [2.05, 4.69) is 27.0 Å². The molecule has 0 saturated carbocycles. The monoisotopic (exact) mass is 411 g/mol. The van der Waals surface area contributed by atoms with Crippen LogP contribution in [0, 0.1) is 0 Å². The minimum absolute atomic E-state index is 0.123. The number of pyridine rings is 2. The summed E-state index contributed by atoms with van der Waals surface area (Å²) in [6, 6.07) is 13.7. The quantitative estimate of drug-likeness (QED) is 0.530. The average molecular weight is 411 g/mol. The molecule has 7 heteroatoms. The maximum absolute atomic E-state index is 12.6. The summed E-state index contributed by atoms with van der Waals surface area (Å²) >= 11 is 0. The molecular weight excluding hydrogens is 391 g/mol. The first kappa shape index (κ1) is 19.9. The first-order valence-corrected chi connectivity index (χ1v) is 9.63. The normalized spacial score (nSPS) is 14.5. The second kappa shape index (κ2) is 8.57. The summed E-state index contributed by atoms with van der Waals surface area (Å²) in [5, 5.41) is 0. The lowest BCUT2D eigenvalue weighted by Crippen LogP contribution is -2.30. The second-order valence-corrected chi connectivity index (χ2v) is 7.06. The Balaban J connectivity index is 1.40. The summed E-state index contributed by atoms with van der Waals surface area (Å²) < 4.78 is 43.6. The topological polar surface area (TPSA) is 38.2 Å². The van der Waals surface area contributed by atoms with E-state index in [-0.39, 0.29) is 5.88 Å². The molecule has 1 fully saturated rings. The van der Waals surface area contributed by atoms with Crippen LogP contribution in [0.25, 0.3) is 6.08 Å². The molecule has 0 spiro atoms. The number of nitrogens with zero attached hydrogens (tertiary/aromatic N) is 3. The molecule has 0 unspecified atom stereocenters. The van der Waals surface area contributed by atoms with Gasteiger partial charge in [-0.3, -0.25) is 4.98 Å². The Hall–Kier alpha value is -3.35. The van der Waals surface area contributed by atoms with Crippen LogP contribution in [0.3, 0.4) is 0 Å². The summed E-state index contributed by atoms with van der Waals surface area (Å²) in [4.78, 5) is 10.3. The highest BCUT2D eigenvalue weighted by Crippen LogP contribution is 2.30. The summed E-state index contributed by atoms with van der Waals surface area (Å²) in [5.41, 5.74) is 2.67. The molecule has 0 atom stereocenters. The van der Waals surface area contributed by atoms with E-state index in [0.29, 0.717) is 5.75 Å². The molecule has 154 valence electrons. The van der Waals surface area contributed by atoms with E-state index in [1.807, 2.05) is 30.5 Å². The van der Waals surface area contributed by atoms with Crippen molar-refractivity contribution in [3.05, 3.63) is 83.8 Å². The third kappa shape index (κ3) is 4.97. The number of aromatic nitrogens is 2. The van der Waals surface area contributed by atoms with Gasteiger partial charge in [0.25, 0.3) is 0 Å². The molecule has 2 aromatic heterocycles. The lowest BCUT2D eigenvalue weighted by atomic mass is 10.0. The number of rotatable bonds is 4. The molecule has 30 heavy (non-hydrogen) atoms. The van der Waals surface area contributed by atoms with Crippen LogP contribution in [0.5, 0.6) is 11.6 Å². The van der Waals surface area contributed by atoms with Crippen LogP contribution < -0.4 is 9.64 Å². The zero-order valence-electron chi connectivity index (χ0n) is 16.1. The van der Waals surface area contributed by atoms with E-state index in [9.17, 15) is 13.2 Å². The van der Waals surface area contributed by atoms with Crippen molar-refractivity contribution in [3.8, 4) is 11.6 Å². The molecule has 1 saturated heterocycles. The highest BCUT2D eigenvalue weighted by Gasteiger charge is 2.30. The second-order valence-electron chi connectivity index (χ2n) is 7.06. The SMILES string of the molecule is FC(F)(F)c1ccc(Oc2cccc(C=C3CCN(c4cccnc4)CC3)c2)nc1. The van der Waals surface area contributed by atoms with E-state index in [0.717, 1.165) is 49.4 Å². The van der Waals surface area contributed by atoms with Gasteiger partial charge in [0.1, 0.15) is 5.75 Å². The zero-order valence-corrected chi connectivity index (χ0v) is 16.1. The minimum atomic E-state index is -4.41. The van der Waals surface area contributed by atoms with Crippen LogP contribution in [0.15, 0.2) is 72.7 Å². The predicted molar refractivity (Wildman–Crippen MR) is 109 cm³/mol. The number of piperidine rings is 1. The summed E-state index contributed by atoms with van der Waals surface area (Å²) in [5.74, 6) is 0.655. The van der Waals surface area contributed by atoms with Gasteiger partial charge < -0.3 is 9.64 Å². The van der Waals surface area contributed by atoms with E-state index < -0.39 is 11.7 Å². The van der Waals surface area contributed by atoms with Crippen molar-refractivity contribution in [2.45, 2.75) is 19.0 Å². The van der Waals surface area contributed by atoms with Crippen LogP contribution in [0.2, 0.25) is 0 Å². The van der Waals surface area contributed by atoms with Crippen molar-refractivity contribution >= 4 is 11.8 Å². The molecule has 4 rings (SSSR count). The molecule has 1 aliphatic heterocycles. The van der Waals surface area contributed by atoms with Gasteiger partial charge in [0.05, 0.1) is 17.4 Å². The molecule has 0 bridgehead atoms. The molecule has 4 nitrogen and oxygen atoms in total. The van der Waals surface area contributed by atoms with Gasteiger partial charge >= 0.3 is 6.18 Å². The molecule has 3 aromatic rings. The number of benzene rings is 1. The fourth-order valence-electron chi connectivity index (χ4n) is 3.37. The third-order valence-electron chi connectivity index (χ3n) is 4.93. The molecule has 0 radical (unpaired) electrons. The molecular formula is C23H20F3N3O. The van der Waals surface area contributed by atoms with E-state index in [1.165, 1.54) is 11.6 Å². The van der Waals surface area contributed by atoms with Gasteiger partial charge in [0.2, 0.25) is 5.88 Å². The van der Waals surface area contributed by atoms with E-state index in [1.54, 1.807) is 12.3 Å². The fraction of sp³-hybridized carbons (Fsp3) is 0.217. The Bertz CT molecular complexity index is 1010. The van der Waals surface area contributed by atoms with Crippen molar-refractivity contribution in [2.75, 3.05) is 18.0 Å². The van der Waals surface area contributed by atoms with Crippen LogP contribution in [0.4, 0.5) is 18.9 Å². The van der Waals surface area contributed by atoms with Crippen molar-refractivity contribution in [2.24, 2.45) is 0 Å². The highest BCUT2D eigenvalue weighted by molar-refractivity contribution is 5.56. The van der Waals surface area contributed by atoms with Crippen LogP contribution >= 0.6 is 0 Å². The van der Waals surface area contributed by atoms with Gasteiger partial charge in [-0.15, -0.1) is 0 Å². The molecule has 1 aliphatic rings. The van der Waals surface area contributed by atoms with Gasteiger partial charge in [0, 0.05) is 31.5 Å². The van der Waals surface area contributed by atoms with Crippen molar-refractivity contribution in [1.29, 1.82) is 0 Å². The molecule has 0 aliphatic carbocycles. The van der Waals surface area contributed by atoms with E-state index in [4.69, 9.17) is 4.74 Å². The fourth-order valence-corrected chi connectivity index (χ4v) is 3.37. The van der Waals surface area contributed by atoms with Gasteiger partial charge in [-0.05, 0) is 48.7 Å². The predicted octanol–water partition coefficient (Wildman–Crippen LogP) is 5.97. The number of halogens is 3. The largest absolute Gasteiger partial charge is 0.439 e. The van der Waals surface area contributed by atoms with Crippen molar-refractivity contribution < 1.29 is 17.9 Å². The number of alkyl halides is 3. The standard InChI is InChI=1S/C23H20F3N3O/c24-23(25,26)19-6-7-22(28-15-19)30-21-5-1-3-18(14-21)13-17-8-11-29(12-9-17)20-4-2-10-27-16-20/h1-7,10,13-16H,8-9,11-12H2. The summed E-state index contributed by atoms with van der Waals surface area (Å²) in [6.07, 6.45) is 4.08.